The summed E-state index contributed by atoms with van der Waals surface area (Å²) >= 11 is 0. The van der Waals surface area contributed by atoms with Crippen molar-refractivity contribution in [2.45, 2.75) is 56.5 Å². The van der Waals surface area contributed by atoms with Gasteiger partial charge in [-0.15, -0.1) is 4.36 Å². The number of anilines is 1. The number of carbonyl (C=O) groups is 1. The molecular weight excluding hydrogens is 409 g/mol. The molecule has 29 heavy (non-hydrogen) atoms. The molecule has 2 amide bonds. The van der Waals surface area contributed by atoms with E-state index in [1.54, 1.807) is 0 Å². The molecule has 2 heterocycles. The van der Waals surface area contributed by atoms with Gasteiger partial charge in [-0.25, -0.2) is 23.2 Å². The Morgan fingerprint density at radius 3 is 2.83 bits per heavy atom. The average Bonchev–Trinajstić information content (AvgIpc) is 3.33. The second-order valence-corrected chi connectivity index (χ2v) is 8.91. The maximum absolute atomic E-state index is 13.9. The molecule has 0 unspecified atom stereocenters. The molecule has 2 aliphatic rings. The quantitative estimate of drug-likeness (QED) is 0.780. The van der Waals surface area contributed by atoms with Gasteiger partial charge in [0.05, 0.1) is 11.9 Å². The number of alkyl halides is 2. The average molecular weight is 428 g/mol. The molecule has 0 radical (unpaired) electrons. The van der Waals surface area contributed by atoms with Crippen LogP contribution in [0.15, 0.2) is 15.6 Å². The molecule has 3 N–H and O–H groups in total. The first-order chi connectivity index (χ1) is 13.7. The van der Waals surface area contributed by atoms with Crippen LogP contribution in [0.25, 0.3) is 0 Å². The van der Waals surface area contributed by atoms with Crippen molar-refractivity contribution < 1.29 is 22.2 Å². The van der Waals surface area contributed by atoms with Gasteiger partial charge in [0.15, 0.2) is 15.7 Å². The fraction of sp³-hybridized carbons (Fsp3) is 0.471. The van der Waals surface area contributed by atoms with E-state index >= 15 is 0 Å². The van der Waals surface area contributed by atoms with Gasteiger partial charge in [-0.2, -0.15) is 13.9 Å². The van der Waals surface area contributed by atoms with Crippen LogP contribution in [-0.4, -0.2) is 25.0 Å². The number of hydrogen-bond donors (Lipinski definition) is 2. The van der Waals surface area contributed by atoms with E-state index in [9.17, 15) is 22.2 Å². The first-order valence-corrected chi connectivity index (χ1v) is 10.7. The topological polar surface area (TPSA) is 115 Å². The Bertz CT molecular complexity index is 1120. The molecule has 12 heteroatoms. The van der Waals surface area contributed by atoms with Crippen LogP contribution in [0, 0.1) is 5.82 Å². The van der Waals surface area contributed by atoms with Crippen molar-refractivity contribution in [3.63, 3.8) is 0 Å². The van der Waals surface area contributed by atoms with E-state index in [0.29, 0.717) is 11.9 Å². The molecule has 4 rings (SSSR count). The summed E-state index contributed by atoms with van der Waals surface area (Å²) in [7, 11) is -4.15. The lowest BCUT2D eigenvalue weighted by atomic mass is 10.0. The number of aromatic nitrogens is 3. The zero-order valence-corrected chi connectivity index (χ0v) is 16.3. The SMILES string of the molecule is C[C@@H]1CCc2c1nc1c(c2NC(=O)N=[S@](N)(=O)c2nn(C(F)F)cc2F)CCC1. The maximum Gasteiger partial charge on any atom is 0.354 e. The molecule has 0 fully saturated rings. The van der Waals surface area contributed by atoms with Crippen LogP contribution >= 0.6 is 0 Å². The standard InChI is InChI=1S/C17H19F3N6O2S/c1-8-5-6-10-13(8)22-12-4-2-3-9(12)14(10)23-17(27)25-29(21,28)15-11(18)7-26(24-15)16(19)20/h7-8,16H,2-6H2,1H3,(H3,21,22,23,25,27,28)/t8-,29+/m1/s1. The third-order valence-electron chi connectivity index (χ3n) is 5.23. The van der Waals surface area contributed by atoms with Crippen molar-refractivity contribution in [3.8, 4) is 0 Å². The highest BCUT2D eigenvalue weighted by Gasteiger charge is 2.30. The monoisotopic (exact) mass is 428 g/mol. The predicted octanol–water partition coefficient (Wildman–Crippen LogP) is 3.28. The normalized spacial score (nSPS) is 19.7. The Labute approximate surface area is 165 Å². The lowest BCUT2D eigenvalue weighted by Crippen LogP contribution is -2.20. The molecule has 2 atom stereocenters. The van der Waals surface area contributed by atoms with Crippen LogP contribution in [0.5, 0.6) is 0 Å². The second kappa shape index (κ2) is 7.10. The Balaban J connectivity index is 1.69. The van der Waals surface area contributed by atoms with E-state index in [4.69, 9.17) is 10.1 Å². The molecule has 156 valence electrons. The molecule has 2 aromatic rings. The Morgan fingerprint density at radius 2 is 2.14 bits per heavy atom. The number of halogens is 3. The lowest BCUT2D eigenvalue weighted by Gasteiger charge is -2.15. The van der Waals surface area contributed by atoms with Crippen molar-refractivity contribution in [1.29, 1.82) is 0 Å². The van der Waals surface area contributed by atoms with Crippen LogP contribution in [0.2, 0.25) is 0 Å². The molecule has 0 bridgehead atoms. The number of hydrogen-bond acceptors (Lipinski definition) is 4. The smallest absolute Gasteiger partial charge is 0.305 e. The van der Waals surface area contributed by atoms with Crippen LogP contribution in [0.1, 0.15) is 54.7 Å². The number of amides is 2. The largest absolute Gasteiger partial charge is 0.354 e. The number of pyridine rings is 1. The van der Waals surface area contributed by atoms with E-state index in [1.165, 1.54) is 0 Å². The number of nitrogens with zero attached hydrogens (tertiary/aromatic N) is 4. The number of nitrogens with two attached hydrogens (primary N) is 1. The molecule has 0 saturated carbocycles. The molecule has 8 nitrogen and oxygen atoms in total. The summed E-state index contributed by atoms with van der Waals surface area (Å²) in [6.07, 6.45) is 4.44. The summed E-state index contributed by atoms with van der Waals surface area (Å²) in [6, 6.07) is -1.05. The predicted molar refractivity (Wildman–Crippen MR) is 98.5 cm³/mol. The fourth-order valence-electron chi connectivity index (χ4n) is 3.90. The number of aryl methyl sites for hydroxylation is 1. The minimum Gasteiger partial charge on any atom is -0.305 e. The van der Waals surface area contributed by atoms with Gasteiger partial charge in [-0.1, -0.05) is 6.92 Å². The molecule has 0 aromatic carbocycles. The van der Waals surface area contributed by atoms with Gasteiger partial charge >= 0.3 is 12.6 Å². The summed E-state index contributed by atoms with van der Waals surface area (Å²) in [5, 5.41) is 10.3. The Morgan fingerprint density at radius 1 is 1.38 bits per heavy atom. The first-order valence-electron chi connectivity index (χ1n) is 9.10. The van der Waals surface area contributed by atoms with E-state index in [0.717, 1.165) is 54.6 Å². The number of rotatable bonds is 3. The fourth-order valence-corrected chi connectivity index (χ4v) is 4.82. The third kappa shape index (κ3) is 3.50. The van der Waals surface area contributed by atoms with E-state index in [2.05, 4.69) is 21.7 Å². The molecule has 2 aromatic heterocycles. The van der Waals surface area contributed by atoms with Crippen molar-refractivity contribution in [2.75, 3.05) is 5.32 Å². The summed E-state index contributed by atoms with van der Waals surface area (Å²) < 4.78 is 55.1. The maximum atomic E-state index is 13.9. The van der Waals surface area contributed by atoms with E-state index in [-0.39, 0.29) is 10.6 Å². The molecule has 0 aliphatic heterocycles. The summed E-state index contributed by atoms with van der Waals surface area (Å²) in [4.78, 5) is 17.2. The van der Waals surface area contributed by atoms with Crippen molar-refractivity contribution in [3.05, 3.63) is 34.5 Å². The minimum absolute atomic E-state index is 0.0331. The second-order valence-electron chi connectivity index (χ2n) is 7.20. The number of urea groups is 1. The summed E-state index contributed by atoms with van der Waals surface area (Å²) in [5.41, 5.74) is 4.27. The summed E-state index contributed by atoms with van der Waals surface area (Å²) in [6.45, 7) is -1.09. The molecule has 0 saturated heterocycles. The zero-order chi connectivity index (χ0) is 20.9. The van der Waals surface area contributed by atoms with Gasteiger partial charge in [0.25, 0.3) is 0 Å². The van der Waals surface area contributed by atoms with Crippen molar-refractivity contribution in [1.82, 2.24) is 14.8 Å². The van der Waals surface area contributed by atoms with Gasteiger partial charge in [-0.3, -0.25) is 4.98 Å². The Kier molecular flexibility index (Phi) is 4.85. The van der Waals surface area contributed by atoms with Gasteiger partial charge in [0.1, 0.15) is 0 Å². The van der Waals surface area contributed by atoms with Crippen LogP contribution in [-0.2, 0) is 29.2 Å². The highest BCUT2D eigenvalue weighted by molar-refractivity contribution is 7.91. The van der Waals surface area contributed by atoms with Crippen molar-refractivity contribution >= 4 is 21.6 Å². The van der Waals surface area contributed by atoms with Gasteiger partial charge in [0.2, 0.25) is 5.03 Å². The molecule has 2 aliphatic carbocycles. The van der Waals surface area contributed by atoms with Crippen LogP contribution in [0.4, 0.5) is 23.7 Å². The Hall–Kier alpha value is -2.47. The highest BCUT2D eigenvalue weighted by Crippen LogP contribution is 2.41. The number of nitrogens with one attached hydrogen (secondary N) is 1. The van der Waals surface area contributed by atoms with Gasteiger partial charge in [-0.05, 0) is 49.1 Å². The number of fused-ring (bicyclic) bond motifs is 2. The first kappa shape index (κ1) is 19.8. The molecule has 0 spiro atoms. The molecular formula is C17H19F3N6O2S. The highest BCUT2D eigenvalue weighted by atomic mass is 32.2. The summed E-state index contributed by atoms with van der Waals surface area (Å²) in [5.74, 6) is -1.07. The lowest BCUT2D eigenvalue weighted by molar-refractivity contribution is 0.0552. The van der Waals surface area contributed by atoms with Crippen LogP contribution in [0.3, 0.4) is 0 Å². The van der Waals surface area contributed by atoms with E-state index in [1.807, 2.05) is 0 Å². The zero-order valence-electron chi connectivity index (χ0n) is 15.5. The van der Waals surface area contributed by atoms with Gasteiger partial charge in [0, 0.05) is 11.4 Å². The van der Waals surface area contributed by atoms with E-state index < -0.39 is 33.3 Å². The van der Waals surface area contributed by atoms with Crippen LogP contribution < -0.4 is 10.5 Å². The van der Waals surface area contributed by atoms with Gasteiger partial charge < -0.3 is 5.32 Å². The third-order valence-corrected chi connectivity index (χ3v) is 6.50. The van der Waals surface area contributed by atoms with Crippen molar-refractivity contribution in [2.24, 2.45) is 9.50 Å². The minimum atomic E-state index is -4.15. The number of carbonyl (C=O) groups excluding carboxylic acids is 1.